The molecule has 1 amide bonds. The van der Waals surface area contributed by atoms with Gasteiger partial charge in [-0.05, 0) is 37.9 Å². The monoisotopic (exact) mass is 311 g/mol. The number of halogens is 1. The van der Waals surface area contributed by atoms with Crippen LogP contribution >= 0.6 is 11.6 Å². The number of nitro groups is 1. The third-order valence-electron chi connectivity index (χ3n) is 3.68. The van der Waals surface area contributed by atoms with E-state index in [1.54, 1.807) is 0 Å². The molecule has 114 valence electrons. The predicted octanol–water partition coefficient (Wildman–Crippen LogP) is 2.92. The van der Waals surface area contributed by atoms with E-state index in [0.29, 0.717) is 18.2 Å². The summed E-state index contributed by atoms with van der Waals surface area (Å²) < 4.78 is 0. The minimum Gasteiger partial charge on any atom is -0.324 e. The van der Waals surface area contributed by atoms with Gasteiger partial charge in [0.2, 0.25) is 5.91 Å². The normalized spacial score (nSPS) is 16.7. The molecule has 1 N–H and O–H groups in total. The van der Waals surface area contributed by atoms with Crippen LogP contribution in [-0.2, 0) is 4.79 Å². The molecule has 7 heteroatoms. The molecular formula is C14H18ClN3O3. The number of nitrogens with one attached hydrogen (secondary N) is 1. The zero-order chi connectivity index (χ0) is 15.4. The first kappa shape index (κ1) is 15.7. The lowest BCUT2D eigenvalue weighted by Crippen LogP contribution is -2.38. The second-order valence-corrected chi connectivity index (χ2v) is 5.84. The highest BCUT2D eigenvalue weighted by molar-refractivity contribution is 6.34. The molecule has 0 saturated carbocycles. The summed E-state index contributed by atoms with van der Waals surface area (Å²) in [6.07, 6.45) is 2.21. The van der Waals surface area contributed by atoms with E-state index < -0.39 is 4.92 Å². The Bertz CT molecular complexity index is 542. The van der Waals surface area contributed by atoms with Gasteiger partial charge >= 0.3 is 0 Å². The maximum Gasteiger partial charge on any atom is 0.271 e. The van der Waals surface area contributed by atoms with Crippen LogP contribution in [0.25, 0.3) is 0 Å². The molecule has 1 saturated heterocycles. The average Bonchev–Trinajstić information content (AvgIpc) is 2.43. The van der Waals surface area contributed by atoms with Crippen LogP contribution in [0.2, 0.25) is 5.02 Å². The highest BCUT2D eigenvalue weighted by atomic mass is 35.5. The van der Waals surface area contributed by atoms with E-state index in [9.17, 15) is 14.9 Å². The van der Waals surface area contributed by atoms with Gasteiger partial charge < -0.3 is 5.32 Å². The van der Waals surface area contributed by atoms with Crippen LogP contribution in [0.3, 0.4) is 0 Å². The molecule has 1 aromatic carbocycles. The van der Waals surface area contributed by atoms with Crippen molar-refractivity contribution in [3.63, 3.8) is 0 Å². The third kappa shape index (κ3) is 4.41. The first-order valence-corrected chi connectivity index (χ1v) is 7.29. The number of rotatable bonds is 4. The number of benzene rings is 1. The Morgan fingerprint density at radius 3 is 2.71 bits per heavy atom. The van der Waals surface area contributed by atoms with Crippen LogP contribution < -0.4 is 5.32 Å². The van der Waals surface area contributed by atoms with Crippen molar-refractivity contribution in [2.75, 3.05) is 25.0 Å². The molecule has 0 spiro atoms. The zero-order valence-electron chi connectivity index (χ0n) is 11.8. The Labute approximate surface area is 128 Å². The molecule has 1 aliphatic heterocycles. The molecule has 1 aliphatic rings. The topological polar surface area (TPSA) is 75.5 Å². The number of hydrogen-bond donors (Lipinski definition) is 1. The number of non-ortho nitro benzene ring substituents is 1. The van der Waals surface area contributed by atoms with Crippen LogP contribution in [0.1, 0.15) is 19.8 Å². The highest BCUT2D eigenvalue weighted by Crippen LogP contribution is 2.26. The lowest BCUT2D eigenvalue weighted by Gasteiger charge is -2.29. The minimum atomic E-state index is -0.521. The van der Waals surface area contributed by atoms with Crippen LogP contribution in [-0.4, -0.2) is 35.4 Å². The summed E-state index contributed by atoms with van der Waals surface area (Å²) >= 11 is 5.95. The van der Waals surface area contributed by atoms with Gasteiger partial charge in [-0.1, -0.05) is 18.5 Å². The van der Waals surface area contributed by atoms with Gasteiger partial charge in [0.1, 0.15) is 0 Å². The van der Waals surface area contributed by atoms with E-state index in [4.69, 9.17) is 11.6 Å². The van der Waals surface area contributed by atoms with Crippen LogP contribution in [0.15, 0.2) is 18.2 Å². The minimum absolute atomic E-state index is 0.0944. The Balaban J connectivity index is 1.92. The summed E-state index contributed by atoms with van der Waals surface area (Å²) in [4.78, 5) is 24.2. The zero-order valence-corrected chi connectivity index (χ0v) is 12.6. The van der Waals surface area contributed by atoms with Crippen molar-refractivity contribution in [3.8, 4) is 0 Å². The lowest BCUT2D eigenvalue weighted by atomic mass is 9.99. The molecule has 21 heavy (non-hydrogen) atoms. The molecule has 1 fully saturated rings. The third-order valence-corrected chi connectivity index (χ3v) is 3.99. The first-order chi connectivity index (χ1) is 9.95. The van der Waals surface area contributed by atoms with Crippen molar-refractivity contribution < 1.29 is 9.72 Å². The standard InChI is InChI=1S/C14H18ClN3O3/c1-10-4-6-17(7-5-10)9-14(19)16-13-3-2-11(18(20)21)8-12(13)15/h2-3,8,10H,4-7,9H2,1H3,(H,16,19). The van der Waals surface area contributed by atoms with Gasteiger partial charge in [-0.25, -0.2) is 0 Å². The molecule has 0 atom stereocenters. The summed E-state index contributed by atoms with van der Waals surface area (Å²) in [7, 11) is 0. The molecule has 0 aliphatic carbocycles. The van der Waals surface area contributed by atoms with E-state index in [0.717, 1.165) is 25.9 Å². The van der Waals surface area contributed by atoms with Crippen molar-refractivity contribution in [1.82, 2.24) is 4.90 Å². The molecule has 1 aromatic rings. The van der Waals surface area contributed by atoms with Crippen LogP contribution in [0.5, 0.6) is 0 Å². The summed E-state index contributed by atoms with van der Waals surface area (Å²) in [5.41, 5.74) is 0.306. The van der Waals surface area contributed by atoms with Gasteiger partial charge in [-0.15, -0.1) is 0 Å². The Hall–Kier alpha value is -1.66. The summed E-state index contributed by atoms with van der Waals surface area (Å²) in [5, 5.41) is 13.5. The lowest BCUT2D eigenvalue weighted by molar-refractivity contribution is -0.384. The van der Waals surface area contributed by atoms with E-state index in [1.807, 2.05) is 0 Å². The second-order valence-electron chi connectivity index (χ2n) is 5.43. The fourth-order valence-corrected chi connectivity index (χ4v) is 2.55. The highest BCUT2D eigenvalue weighted by Gasteiger charge is 2.18. The van der Waals surface area contributed by atoms with E-state index in [1.165, 1.54) is 18.2 Å². The van der Waals surface area contributed by atoms with Gasteiger partial charge in [0.05, 0.1) is 22.2 Å². The van der Waals surface area contributed by atoms with Gasteiger partial charge in [0, 0.05) is 12.1 Å². The van der Waals surface area contributed by atoms with Gasteiger partial charge in [0.25, 0.3) is 5.69 Å². The number of carbonyl (C=O) groups is 1. The second kappa shape index (κ2) is 6.87. The number of anilines is 1. The number of hydrogen-bond acceptors (Lipinski definition) is 4. The van der Waals surface area contributed by atoms with Gasteiger partial charge in [0.15, 0.2) is 0 Å². The SMILES string of the molecule is CC1CCN(CC(=O)Nc2ccc([N+](=O)[O-])cc2Cl)CC1. The largest absolute Gasteiger partial charge is 0.324 e. The smallest absolute Gasteiger partial charge is 0.271 e. The van der Waals surface area contributed by atoms with E-state index in [2.05, 4.69) is 17.1 Å². The van der Waals surface area contributed by atoms with Crippen molar-refractivity contribution in [2.45, 2.75) is 19.8 Å². The predicted molar refractivity (Wildman–Crippen MR) is 81.6 cm³/mol. The number of piperidine rings is 1. The molecule has 0 unspecified atom stereocenters. The summed E-state index contributed by atoms with van der Waals surface area (Å²) in [6.45, 7) is 4.37. The van der Waals surface area contributed by atoms with Crippen molar-refractivity contribution in [2.24, 2.45) is 5.92 Å². The number of nitro benzene ring substituents is 1. The van der Waals surface area contributed by atoms with Crippen molar-refractivity contribution in [3.05, 3.63) is 33.3 Å². The molecule has 0 radical (unpaired) electrons. The fourth-order valence-electron chi connectivity index (χ4n) is 2.33. The quantitative estimate of drug-likeness (QED) is 0.685. The number of carbonyl (C=O) groups excluding carboxylic acids is 1. The Morgan fingerprint density at radius 2 is 2.14 bits per heavy atom. The fraction of sp³-hybridized carbons (Fsp3) is 0.500. The molecule has 0 aromatic heterocycles. The Morgan fingerprint density at radius 1 is 1.48 bits per heavy atom. The van der Waals surface area contributed by atoms with E-state index >= 15 is 0 Å². The maximum atomic E-state index is 12.0. The van der Waals surface area contributed by atoms with Crippen molar-refractivity contribution in [1.29, 1.82) is 0 Å². The molecule has 0 bridgehead atoms. The number of likely N-dealkylation sites (tertiary alicyclic amines) is 1. The van der Waals surface area contributed by atoms with Gasteiger partial charge in [-0.2, -0.15) is 0 Å². The first-order valence-electron chi connectivity index (χ1n) is 6.92. The molecule has 2 rings (SSSR count). The van der Waals surface area contributed by atoms with Crippen molar-refractivity contribution >= 4 is 28.9 Å². The number of nitrogens with zero attached hydrogens (tertiary/aromatic N) is 2. The Kier molecular flexibility index (Phi) is 5.14. The van der Waals surface area contributed by atoms with Gasteiger partial charge in [-0.3, -0.25) is 19.8 Å². The molecule has 1 heterocycles. The average molecular weight is 312 g/mol. The van der Waals surface area contributed by atoms with Crippen LogP contribution in [0, 0.1) is 16.0 Å². The van der Waals surface area contributed by atoms with E-state index in [-0.39, 0.29) is 16.6 Å². The summed E-state index contributed by atoms with van der Waals surface area (Å²) in [5.74, 6) is 0.564. The molecular weight excluding hydrogens is 294 g/mol. The molecule has 6 nitrogen and oxygen atoms in total. The number of amides is 1. The summed E-state index contributed by atoms with van der Waals surface area (Å²) in [6, 6.07) is 4.01. The maximum absolute atomic E-state index is 12.0. The van der Waals surface area contributed by atoms with Crippen LogP contribution in [0.4, 0.5) is 11.4 Å².